The van der Waals surface area contributed by atoms with E-state index in [9.17, 15) is 48.8 Å². The Bertz CT molecular complexity index is 7600. The molecule has 18 aromatic rings. The summed E-state index contributed by atoms with van der Waals surface area (Å²) in [6.45, 7) is 10.1. The molecule has 83 heavy (non-hydrogen) atoms. The Balaban J connectivity index is 1.27. The Morgan fingerprint density at radius 1 is 0.398 bits per heavy atom. The zero-order valence-corrected chi connectivity index (χ0v) is 41.8. The van der Waals surface area contributed by atoms with Crippen LogP contribution in [0.1, 0.15) is 50.8 Å². The maximum Gasteiger partial charge on any atom is 0.237 e. The zero-order chi connectivity index (χ0) is 83.3. The van der Waals surface area contributed by atoms with E-state index in [1.807, 2.05) is 0 Å². The molecule has 0 aliphatic rings. The molecular formula is C76H42N6O. The maximum absolute atomic E-state index is 13.2. The molecule has 382 valence electrons. The minimum atomic E-state index is -1.11. The second-order valence-electron chi connectivity index (χ2n) is 19.2. The second kappa shape index (κ2) is 16.9. The van der Waals surface area contributed by atoms with Gasteiger partial charge in [-0.05, 0) is 99.2 Å². The van der Waals surface area contributed by atoms with Crippen LogP contribution in [0.3, 0.4) is 0 Å². The molecule has 0 amide bonds. The lowest BCUT2D eigenvalue weighted by Crippen LogP contribution is -2.14. The highest BCUT2D eigenvalue weighted by molar-refractivity contribution is 6.26. The first-order valence-electron chi connectivity index (χ1n) is 41.7. The molecule has 0 aliphatic heterocycles. The molecule has 5 aromatic heterocycles. The van der Waals surface area contributed by atoms with Crippen LogP contribution in [0.15, 0.2) is 258 Å². The number of fused-ring (bicyclic) bond motifs is 19. The molecule has 0 radical (unpaired) electrons. The van der Waals surface area contributed by atoms with Crippen molar-refractivity contribution in [1.29, 1.82) is 5.26 Å². The fourth-order valence-corrected chi connectivity index (χ4v) is 12.1. The van der Waals surface area contributed by atoms with E-state index in [1.165, 1.54) is 28.8 Å². The Morgan fingerprint density at radius 3 is 1.42 bits per heavy atom. The highest BCUT2D eigenvalue weighted by Gasteiger charge is 2.35. The van der Waals surface area contributed by atoms with E-state index < -0.39 is 326 Å². The summed E-state index contributed by atoms with van der Waals surface area (Å²) in [5, 5.41) is 7.50. The van der Waals surface area contributed by atoms with Crippen molar-refractivity contribution in [1.82, 2.24) is 18.3 Å². The first-order chi connectivity index (χ1) is 54.9. The zero-order valence-electron chi connectivity index (χ0n) is 74.8. The third-order valence-electron chi connectivity index (χ3n) is 15.3. The number of benzene rings is 13. The number of hydrogen-bond acceptors (Lipinski definition) is 2. The summed E-state index contributed by atoms with van der Waals surface area (Å²) in [7, 11) is 0. The fraction of sp³-hybridized carbons (Fsp3) is 0. The number of nitriles is 1. The second-order valence-corrected chi connectivity index (χ2v) is 19.2. The van der Waals surface area contributed by atoms with Gasteiger partial charge in [-0.1, -0.05) is 187 Å². The smallest absolute Gasteiger partial charge is 0.237 e. The van der Waals surface area contributed by atoms with Crippen LogP contribution >= 0.6 is 0 Å². The highest BCUT2D eigenvalue weighted by Crippen LogP contribution is 2.53. The Labute approximate surface area is 519 Å². The summed E-state index contributed by atoms with van der Waals surface area (Å²) in [5.41, 5.74) is -12.0. The van der Waals surface area contributed by atoms with Gasteiger partial charge >= 0.3 is 0 Å². The van der Waals surface area contributed by atoms with Gasteiger partial charge in [0.05, 0.1) is 130 Å². The molecule has 0 bridgehead atoms. The van der Waals surface area contributed by atoms with Gasteiger partial charge in [-0.2, -0.15) is 5.26 Å². The molecule has 0 saturated heterocycles. The molecule has 5 heterocycles. The molecule has 0 saturated carbocycles. The van der Waals surface area contributed by atoms with Crippen LogP contribution in [0, 0.1) is 17.9 Å². The number of aromatic nitrogens is 4. The van der Waals surface area contributed by atoms with Crippen molar-refractivity contribution in [3.8, 4) is 39.9 Å². The number of para-hydroxylation sites is 7. The lowest BCUT2D eigenvalue weighted by molar-refractivity contribution is 0.669. The van der Waals surface area contributed by atoms with Gasteiger partial charge in [0.1, 0.15) is 17.2 Å². The molecule has 7 nitrogen and oxygen atoms in total. The predicted octanol–water partition coefficient (Wildman–Crippen LogP) is 20.4. The van der Waals surface area contributed by atoms with Crippen LogP contribution in [-0.4, -0.2) is 18.3 Å². The van der Waals surface area contributed by atoms with Crippen LogP contribution in [0.4, 0.5) is 5.69 Å². The van der Waals surface area contributed by atoms with Crippen molar-refractivity contribution < 1.29 is 49.7 Å². The predicted molar refractivity (Wildman–Crippen MR) is 343 cm³/mol. The first kappa shape index (κ1) is 24.0. The average molecular weight is 1090 g/mol. The van der Waals surface area contributed by atoms with Gasteiger partial charge in [-0.25, -0.2) is 4.85 Å². The van der Waals surface area contributed by atoms with Gasteiger partial charge < -0.3 is 22.7 Å². The highest BCUT2D eigenvalue weighted by atomic mass is 16.3. The Hall–Kier alpha value is -11.6. The summed E-state index contributed by atoms with van der Waals surface area (Å²) >= 11 is 0. The third-order valence-corrected chi connectivity index (χ3v) is 15.3. The number of hydrogen-bond donors (Lipinski definition) is 0. The van der Waals surface area contributed by atoms with Crippen molar-refractivity contribution in [2.24, 2.45) is 0 Å². The minimum Gasteiger partial charge on any atom is -0.456 e. The first-order valence-corrected chi connectivity index (χ1v) is 25.2. The summed E-state index contributed by atoms with van der Waals surface area (Å²) in [6, 6.07) is -16.4. The Kier molecular flexibility index (Phi) is 4.90. The number of rotatable bonds is 5. The van der Waals surface area contributed by atoms with Crippen molar-refractivity contribution in [3.05, 3.63) is 271 Å². The third kappa shape index (κ3) is 6.04. The van der Waals surface area contributed by atoms with Crippen LogP contribution < -0.4 is 0 Å². The molecule has 7 heteroatoms. The molecular weight excluding hydrogens is 1010 g/mol. The van der Waals surface area contributed by atoms with E-state index in [0.717, 1.165) is 9.13 Å². The van der Waals surface area contributed by atoms with Crippen molar-refractivity contribution in [2.45, 2.75) is 0 Å². The van der Waals surface area contributed by atoms with E-state index in [2.05, 4.69) is 10.9 Å². The molecule has 0 spiro atoms. The van der Waals surface area contributed by atoms with Crippen LogP contribution in [0.25, 0.3) is 169 Å². The van der Waals surface area contributed by atoms with E-state index >= 15 is 0 Å². The van der Waals surface area contributed by atoms with Gasteiger partial charge in [-0.15, -0.1) is 0 Å². The molecule has 0 aliphatic carbocycles. The van der Waals surface area contributed by atoms with Gasteiger partial charge in [0, 0.05) is 48.5 Å². The van der Waals surface area contributed by atoms with Gasteiger partial charge in [0.25, 0.3) is 0 Å². The summed E-state index contributed by atoms with van der Waals surface area (Å²) in [4.78, 5) is 4.23. The van der Waals surface area contributed by atoms with E-state index in [0.29, 0.717) is 4.57 Å². The van der Waals surface area contributed by atoms with Gasteiger partial charge in [0.15, 0.2) is 0 Å². The lowest BCUT2D eigenvalue weighted by atomic mass is 9.93. The van der Waals surface area contributed by atoms with Crippen molar-refractivity contribution in [2.75, 3.05) is 0 Å². The van der Waals surface area contributed by atoms with E-state index in [4.69, 9.17) is 12.6 Å². The topological polar surface area (TPSA) is 61.0 Å². The number of nitrogens with zero attached hydrogens (tertiary/aromatic N) is 6. The van der Waals surface area contributed by atoms with E-state index in [-0.39, 0.29) is 49.3 Å². The lowest BCUT2D eigenvalue weighted by Gasteiger charge is -2.27. The normalized spacial score (nSPS) is 17.6. The monoisotopic (exact) mass is 1090 g/mol. The maximum atomic E-state index is 13.2. The quantitative estimate of drug-likeness (QED) is 0.127. The molecule has 0 fully saturated rings. The molecule has 0 atom stereocenters. The largest absolute Gasteiger partial charge is 0.456 e. The molecule has 18 rings (SSSR count). The average Bonchev–Trinajstić information content (AvgIpc) is 1.48. The van der Waals surface area contributed by atoms with Crippen molar-refractivity contribution >= 4 is 136 Å². The molecule has 0 N–H and O–H groups in total. The van der Waals surface area contributed by atoms with Crippen molar-refractivity contribution in [3.63, 3.8) is 0 Å². The number of furan rings is 1. The molecule has 13 aromatic carbocycles. The van der Waals surface area contributed by atoms with Crippen LogP contribution in [0.2, 0.25) is 0 Å². The van der Waals surface area contributed by atoms with Gasteiger partial charge in [0.2, 0.25) is 5.69 Å². The standard InChI is InChI=1S/C76H42N6O/c1-78-71-73(79-61-31-13-6-24-50(61)51-25-7-14-32-62(51)79)60(44-77)74(80-63-33-15-8-26-52(63)53-27-9-16-34-64(53)80)76(75(71)81-65-35-17-10-28-54(65)55-29-11-18-36-66(55)81)82-67-43-46(59-42-45-20-2-3-21-47(45)48-22-4-5-23-49(48)59)38-39-56(67)57-40-41-69-70(72(57)82)58-30-12-19-37-68(58)83-69/h2-43H/i2D,3D,4D,5D,6D,7D,8D,9D,10D,11D,13D,14D,15D,16D,17D,18D,20D,21D,22D,23D,24D,25D,26D,27D,28D,29D,31D,32D,33D,34D,35D,36D,42D. The SMILES string of the molecule is [2H]c1c([2H])c([2H])c2c(c1[2H])c([2H])c(-c1ccc3c4ccc5oc6ccccc6c5c4n(-c4c(-n5c6c([2H])c([2H])c([2H])c([2H])c6c6c([2H])c([2H])c([2H])c([2H])c65)c(C#N)c(-n5c6c([2H])c([2H])c([2H])c([2H])c6c6c([2H])c([2H])c([2H])c([2H])c65)c([N+]#[C-])c4-n4c5c([2H])c([2H])c([2H])c([2H])c5c5c([2H])c([2H])c([2H])c([2H])c54)c3c1)c1c([2H])c([2H])c([2H])c([2H])c12. The van der Waals surface area contributed by atoms with Crippen LogP contribution in [-0.2, 0) is 0 Å². The minimum absolute atomic E-state index is 0.0152. The summed E-state index contributed by atoms with van der Waals surface area (Å²) in [6.07, 6.45) is 0. The summed E-state index contributed by atoms with van der Waals surface area (Å²) < 4.78 is 326. The van der Waals surface area contributed by atoms with E-state index in [1.54, 1.807) is 30.3 Å². The molecule has 0 unspecified atom stereocenters. The van der Waals surface area contributed by atoms with Gasteiger partial charge in [-0.3, -0.25) is 0 Å². The summed E-state index contributed by atoms with van der Waals surface area (Å²) in [5.74, 6) is 0. The van der Waals surface area contributed by atoms with Crippen LogP contribution in [0.5, 0.6) is 0 Å². The Morgan fingerprint density at radius 2 is 0.867 bits per heavy atom. The fourth-order valence-electron chi connectivity index (χ4n) is 12.1.